The maximum atomic E-state index is 13.1. The Morgan fingerprint density at radius 1 is 0.968 bits per heavy atom. The van der Waals surface area contributed by atoms with Gasteiger partial charge in [0.15, 0.2) is 11.5 Å². The highest BCUT2D eigenvalue weighted by atomic mass is 79.9. The zero-order chi connectivity index (χ0) is 21.8. The van der Waals surface area contributed by atoms with Crippen molar-refractivity contribution in [2.24, 2.45) is 0 Å². The van der Waals surface area contributed by atoms with Crippen molar-refractivity contribution in [2.45, 2.75) is 17.4 Å². The van der Waals surface area contributed by atoms with Gasteiger partial charge in [-0.2, -0.15) is 4.72 Å². The van der Waals surface area contributed by atoms with Crippen molar-refractivity contribution in [1.29, 1.82) is 0 Å². The zero-order valence-electron chi connectivity index (χ0n) is 16.2. The van der Waals surface area contributed by atoms with Crippen LogP contribution < -0.4 is 19.5 Å². The molecule has 0 fully saturated rings. The highest BCUT2D eigenvalue weighted by Gasteiger charge is 2.27. The second-order valence-electron chi connectivity index (χ2n) is 6.87. The second-order valence-corrected chi connectivity index (χ2v) is 9.50. The molecule has 3 aromatic rings. The third kappa shape index (κ3) is 5.25. The molecular weight excluding hydrogens is 484 g/mol. The van der Waals surface area contributed by atoms with Crippen molar-refractivity contribution in [2.75, 3.05) is 12.1 Å². The van der Waals surface area contributed by atoms with E-state index < -0.39 is 22.0 Å². The quantitative estimate of drug-likeness (QED) is 0.513. The lowest BCUT2D eigenvalue weighted by Crippen LogP contribution is -2.45. The molecule has 2 N–H and O–H groups in total. The summed E-state index contributed by atoms with van der Waals surface area (Å²) >= 11 is 3.29. The van der Waals surface area contributed by atoms with Crippen molar-refractivity contribution in [3.63, 3.8) is 0 Å². The maximum Gasteiger partial charge on any atom is 0.242 e. The summed E-state index contributed by atoms with van der Waals surface area (Å²) in [6.45, 7) is 0.121. The van der Waals surface area contributed by atoms with Gasteiger partial charge in [0.1, 0.15) is 6.04 Å². The van der Waals surface area contributed by atoms with Crippen molar-refractivity contribution in [1.82, 2.24) is 4.72 Å². The number of hydrogen-bond acceptors (Lipinski definition) is 5. The number of fused-ring (bicyclic) bond motifs is 1. The molecule has 0 aromatic heterocycles. The number of sulfonamides is 1. The number of hydrogen-bond donors (Lipinski definition) is 2. The second kappa shape index (κ2) is 9.09. The van der Waals surface area contributed by atoms with Crippen LogP contribution in [0.25, 0.3) is 0 Å². The molecule has 1 atom stereocenters. The maximum absolute atomic E-state index is 13.1. The van der Waals surface area contributed by atoms with Gasteiger partial charge < -0.3 is 14.8 Å². The van der Waals surface area contributed by atoms with E-state index in [1.165, 1.54) is 12.1 Å². The number of amides is 1. The number of halogens is 1. The van der Waals surface area contributed by atoms with Gasteiger partial charge in [0, 0.05) is 16.2 Å². The summed E-state index contributed by atoms with van der Waals surface area (Å²) in [5.41, 5.74) is 1.31. The summed E-state index contributed by atoms with van der Waals surface area (Å²) < 4.78 is 39.7. The fourth-order valence-corrected chi connectivity index (χ4v) is 4.57. The van der Waals surface area contributed by atoms with Crippen LogP contribution >= 0.6 is 15.9 Å². The SMILES string of the molecule is O=C(Nc1ccc2c(c1)OCO2)[C@H](Cc1ccccc1)NS(=O)(=O)c1ccc(Br)cc1. The molecule has 0 bridgehead atoms. The summed E-state index contributed by atoms with van der Waals surface area (Å²) in [6.07, 6.45) is 0.187. The van der Waals surface area contributed by atoms with Crippen molar-refractivity contribution >= 4 is 37.5 Å². The Labute approximate surface area is 188 Å². The minimum Gasteiger partial charge on any atom is -0.454 e. The molecule has 9 heteroatoms. The van der Waals surface area contributed by atoms with Gasteiger partial charge in [-0.15, -0.1) is 0 Å². The van der Waals surface area contributed by atoms with Gasteiger partial charge in [-0.3, -0.25) is 4.79 Å². The first-order valence-corrected chi connectivity index (χ1v) is 11.7. The summed E-state index contributed by atoms with van der Waals surface area (Å²) in [5, 5.41) is 2.77. The first-order chi connectivity index (χ1) is 14.9. The first kappa shape index (κ1) is 21.4. The molecule has 3 aromatic carbocycles. The normalized spacial score (nSPS) is 13.6. The molecule has 160 valence electrons. The van der Waals surface area contributed by atoms with Crippen molar-refractivity contribution in [3.8, 4) is 11.5 Å². The first-order valence-electron chi connectivity index (χ1n) is 9.43. The van der Waals surface area contributed by atoms with Crippen molar-refractivity contribution < 1.29 is 22.7 Å². The van der Waals surface area contributed by atoms with E-state index in [2.05, 4.69) is 26.0 Å². The van der Waals surface area contributed by atoms with Crippen LogP contribution in [-0.4, -0.2) is 27.2 Å². The van der Waals surface area contributed by atoms with E-state index in [9.17, 15) is 13.2 Å². The number of carbonyl (C=O) groups is 1. The summed E-state index contributed by atoms with van der Waals surface area (Å²) in [6, 6.07) is 19.4. The van der Waals surface area contributed by atoms with Gasteiger partial charge in [0.05, 0.1) is 4.90 Å². The summed E-state index contributed by atoms with van der Waals surface area (Å²) in [5.74, 6) is 0.631. The number of carbonyl (C=O) groups excluding carboxylic acids is 1. The molecule has 0 unspecified atom stereocenters. The van der Waals surface area contributed by atoms with Gasteiger partial charge >= 0.3 is 0 Å². The van der Waals surface area contributed by atoms with E-state index in [1.807, 2.05) is 30.3 Å². The Balaban J connectivity index is 1.57. The molecule has 1 amide bonds. The van der Waals surface area contributed by atoms with Crippen LogP contribution in [0.2, 0.25) is 0 Å². The minimum absolute atomic E-state index is 0.0737. The predicted molar refractivity (Wildman–Crippen MR) is 120 cm³/mol. The fraction of sp³-hybridized carbons (Fsp3) is 0.136. The Hall–Kier alpha value is -2.88. The van der Waals surface area contributed by atoms with Gasteiger partial charge in [-0.1, -0.05) is 46.3 Å². The van der Waals surface area contributed by atoms with Crippen LogP contribution in [0, 0.1) is 0 Å². The number of anilines is 1. The largest absolute Gasteiger partial charge is 0.454 e. The van der Waals surface area contributed by atoms with Gasteiger partial charge in [0.2, 0.25) is 22.7 Å². The lowest BCUT2D eigenvalue weighted by molar-refractivity contribution is -0.117. The monoisotopic (exact) mass is 502 g/mol. The minimum atomic E-state index is -3.92. The van der Waals surface area contributed by atoms with Crippen LogP contribution in [0.4, 0.5) is 5.69 Å². The average Bonchev–Trinajstić information content (AvgIpc) is 3.22. The smallest absolute Gasteiger partial charge is 0.242 e. The van der Waals surface area contributed by atoms with Crippen LogP contribution in [0.1, 0.15) is 5.56 Å². The Kier molecular flexibility index (Phi) is 6.26. The molecule has 1 aliphatic heterocycles. The van der Waals surface area contributed by atoms with E-state index in [0.29, 0.717) is 17.2 Å². The summed E-state index contributed by atoms with van der Waals surface area (Å²) in [7, 11) is -3.92. The van der Waals surface area contributed by atoms with Crippen molar-refractivity contribution in [3.05, 3.63) is 82.8 Å². The molecule has 1 aliphatic rings. The zero-order valence-corrected chi connectivity index (χ0v) is 18.6. The number of ether oxygens (including phenoxy) is 2. The van der Waals surface area contributed by atoms with Gasteiger partial charge in [-0.25, -0.2) is 8.42 Å². The predicted octanol–water partition coefficient (Wildman–Crippen LogP) is 3.71. The van der Waals surface area contributed by atoms with E-state index in [4.69, 9.17) is 9.47 Å². The van der Waals surface area contributed by atoms with E-state index >= 15 is 0 Å². The van der Waals surface area contributed by atoms with Crippen LogP contribution in [-0.2, 0) is 21.2 Å². The van der Waals surface area contributed by atoms with Gasteiger partial charge in [-0.05, 0) is 48.4 Å². The van der Waals surface area contributed by atoms with Gasteiger partial charge in [0.25, 0.3) is 0 Å². The average molecular weight is 503 g/mol. The molecule has 31 heavy (non-hydrogen) atoms. The highest BCUT2D eigenvalue weighted by molar-refractivity contribution is 9.10. The Morgan fingerprint density at radius 2 is 1.68 bits per heavy atom. The Bertz CT molecular complexity index is 1180. The lowest BCUT2D eigenvalue weighted by Gasteiger charge is -2.19. The lowest BCUT2D eigenvalue weighted by atomic mass is 10.1. The van der Waals surface area contributed by atoms with E-state index in [-0.39, 0.29) is 18.1 Å². The Morgan fingerprint density at radius 3 is 2.42 bits per heavy atom. The molecule has 7 nitrogen and oxygen atoms in total. The van der Waals surface area contributed by atoms with Crippen LogP contribution in [0.15, 0.2) is 82.2 Å². The molecule has 4 rings (SSSR count). The standard InChI is InChI=1S/C22H19BrN2O5S/c23-16-6-9-18(10-7-16)31(27,28)25-19(12-15-4-2-1-3-5-15)22(26)24-17-8-11-20-21(13-17)30-14-29-20/h1-11,13,19,25H,12,14H2,(H,24,26)/t19-/m0/s1. The third-order valence-corrected chi connectivity index (χ3v) is 6.68. The topological polar surface area (TPSA) is 93.7 Å². The number of rotatable bonds is 7. The highest BCUT2D eigenvalue weighted by Crippen LogP contribution is 2.34. The molecule has 0 aliphatic carbocycles. The van der Waals surface area contributed by atoms with E-state index in [1.54, 1.807) is 30.3 Å². The number of nitrogens with one attached hydrogen (secondary N) is 2. The van der Waals surface area contributed by atoms with Crippen LogP contribution in [0.5, 0.6) is 11.5 Å². The number of benzene rings is 3. The van der Waals surface area contributed by atoms with E-state index in [0.717, 1.165) is 10.0 Å². The molecule has 1 heterocycles. The van der Waals surface area contributed by atoms with Crippen LogP contribution in [0.3, 0.4) is 0 Å². The molecule has 0 spiro atoms. The molecule has 0 saturated carbocycles. The fourth-order valence-electron chi connectivity index (χ4n) is 3.11. The molecule has 0 saturated heterocycles. The molecular formula is C22H19BrN2O5S. The molecule has 0 radical (unpaired) electrons. The third-order valence-electron chi connectivity index (χ3n) is 4.66. The summed E-state index contributed by atoms with van der Waals surface area (Å²) in [4.78, 5) is 13.1.